The van der Waals surface area contributed by atoms with Crippen LogP contribution in [-0.4, -0.2) is 60.4 Å². The Labute approximate surface area is 163 Å². The van der Waals surface area contributed by atoms with Gasteiger partial charge in [-0.2, -0.15) is 0 Å². The van der Waals surface area contributed by atoms with Crippen molar-refractivity contribution in [1.82, 2.24) is 15.1 Å². The number of nitrogens with zero attached hydrogens (tertiary/aromatic N) is 2. The molecule has 1 aromatic carbocycles. The molecule has 0 spiro atoms. The summed E-state index contributed by atoms with van der Waals surface area (Å²) < 4.78 is 0. The van der Waals surface area contributed by atoms with E-state index < -0.39 is 0 Å². The average molecular weight is 372 g/mol. The summed E-state index contributed by atoms with van der Waals surface area (Å²) in [5.74, 6) is 0.0480. The van der Waals surface area contributed by atoms with E-state index >= 15 is 0 Å². The molecule has 1 saturated carbocycles. The highest BCUT2D eigenvalue weighted by Crippen LogP contribution is 2.23. The van der Waals surface area contributed by atoms with Gasteiger partial charge in [0.15, 0.2) is 0 Å². The number of carbonyl (C=O) groups excluding carboxylic acids is 2. The molecule has 0 aromatic heterocycles. The molecule has 0 atom stereocenters. The summed E-state index contributed by atoms with van der Waals surface area (Å²) in [4.78, 5) is 29.3. The van der Waals surface area contributed by atoms with Gasteiger partial charge in [-0.1, -0.05) is 37.0 Å². The number of amides is 2. The van der Waals surface area contributed by atoms with Crippen LogP contribution >= 0.6 is 0 Å². The molecule has 1 aromatic rings. The van der Waals surface area contributed by atoms with Gasteiger partial charge in [0.2, 0.25) is 5.91 Å². The van der Waals surface area contributed by atoms with Crippen molar-refractivity contribution in [3.05, 3.63) is 35.4 Å². The van der Waals surface area contributed by atoms with Crippen LogP contribution in [0.3, 0.4) is 0 Å². The van der Waals surface area contributed by atoms with Crippen LogP contribution < -0.4 is 5.32 Å². The Morgan fingerprint density at radius 1 is 0.963 bits per heavy atom. The average Bonchev–Trinajstić information content (AvgIpc) is 2.95. The highest BCUT2D eigenvalue weighted by Gasteiger charge is 2.25. The van der Waals surface area contributed by atoms with Gasteiger partial charge in [-0.3, -0.25) is 14.5 Å². The van der Waals surface area contributed by atoms with Gasteiger partial charge in [-0.05, 0) is 38.3 Å². The predicted molar refractivity (Wildman–Crippen MR) is 108 cm³/mol. The first-order valence-electron chi connectivity index (χ1n) is 10.5. The fraction of sp³-hybridized carbons (Fsp3) is 0.636. The monoisotopic (exact) mass is 371 g/mol. The Hall–Kier alpha value is -1.88. The highest BCUT2D eigenvalue weighted by atomic mass is 16.2. The van der Waals surface area contributed by atoms with Crippen LogP contribution in [0.15, 0.2) is 24.3 Å². The first-order valence-corrected chi connectivity index (χ1v) is 10.5. The Morgan fingerprint density at radius 3 is 2.44 bits per heavy atom. The zero-order chi connectivity index (χ0) is 19.1. The molecule has 2 fully saturated rings. The summed E-state index contributed by atoms with van der Waals surface area (Å²) in [6, 6.07) is 8.22. The molecule has 1 aliphatic heterocycles. The lowest BCUT2D eigenvalue weighted by molar-refractivity contribution is -0.130. The number of aryl methyl sites for hydroxylation is 1. The van der Waals surface area contributed by atoms with Crippen molar-refractivity contribution in [2.75, 3.05) is 32.7 Å². The van der Waals surface area contributed by atoms with Gasteiger partial charge in [0.05, 0.1) is 0 Å². The lowest BCUT2D eigenvalue weighted by Crippen LogP contribution is -2.41. The summed E-state index contributed by atoms with van der Waals surface area (Å²) >= 11 is 0. The van der Waals surface area contributed by atoms with E-state index in [2.05, 4.69) is 10.2 Å². The van der Waals surface area contributed by atoms with E-state index in [-0.39, 0.29) is 11.8 Å². The SMILES string of the molecule is Cc1ccc(C(=O)NCCC(=O)N2CCCN(C3CCCCC3)CC2)cc1. The zero-order valence-corrected chi connectivity index (χ0v) is 16.6. The number of rotatable bonds is 5. The van der Waals surface area contributed by atoms with E-state index in [4.69, 9.17) is 0 Å². The Kier molecular flexibility index (Phi) is 7.27. The van der Waals surface area contributed by atoms with Crippen LogP contribution in [0.5, 0.6) is 0 Å². The molecule has 5 heteroatoms. The van der Waals surface area contributed by atoms with Gasteiger partial charge in [0.25, 0.3) is 5.91 Å². The normalized spacial score (nSPS) is 19.5. The summed E-state index contributed by atoms with van der Waals surface area (Å²) in [6.45, 7) is 6.16. The first-order chi connectivity index (χ1) is 13.1. The van der Waals surface area contributed by atoms with E-state index in [0.717, 1.165) is 44.2 Å². The standard InChI is InChI=1S/C22H33N3O2/c1-18-8-10-19(11-9-18)22(27)23-13-12-21(26)25-15-5-14-24(16-17-25)20-6-3-2-4-7-20/h8-11,20H,2-7,12-17H2,1H3,(H,23,27). The fourth-order valence-corrected chi connectivity index (χ4v) is 4.25. The molecule has 1 saturated heterocycles. The Morgan fingerprint density at radius 2 is 1.70 bits per heavy atom. The number of hydrogen-bond donors (Lipinski definition) is 1. The van der Waals surface area contributed by atoms with Crippen molar-refractivity contribution in [1.29, 1.82) is 0 Å². The Balaban J connectivity index is 1.40. The van der Waals surface area contributed by atoms with Gasteiger partial charge < -0.3 is 10.2 Å². The maximum Gasteiger partial charge on any atom is 0.251 e. The van der Waals surface area contributed by atoms with Gasteiger partial charge in [0, 0.05) is 50.7 Å². The minimum atomic E-state index is -0.109. The molecule has 0 bridgehead atoms. The van der Waals surface area contributed by atoms with Gasteiger partial charge in [-0.25, -0.2) is 0 Å². The lowest BCUT2D eigenvalue weighted by atomic mass is 9.94. The van der Waals surface area contributed by atoms with Crippen LogP contribution in [0.1, 0.15) is 60.9 Å². The second-order valence-corrected chi connectivity index (χ2v) is 7.93. The quantitative estimate of drug-likeness (QED) is 0.866. The molecule has 148 valence electrons. The molecule has 1 N–H and O–H groups in total. The van der Waals surface area contributed by atoms with E-state index in [1.165, 1.54) is 32.1 Å². The topological polar surface area (TPSA) is 52.7 Å². The first kappa shape index (κ1) is 19.9. The van der Waals surface area contributed by atoms with Gasteiger partial charge in [-0.15, -0.1) is 0 Å². The molecule has 1 aliphatic carbocycles. The van der Waals surface area contributed by atoms with Crippen molar-refractivity contribution < 1.29 is 9.59 Å². The largest absolute Gasteiger partial charge is 0.352 e. The molecule has 3 rings (SSSR count). The van der Waals surface area contributed by atoms with Crippen LogP contribution in [0.2, 0.25) is 0 Å². The molecule has 1 heterocycles. The van der Waals surface area contributed by atoms with E-state index in [1.54, 1.807) is 0 Å². The van der Waals surface area contributed by atoms with Gasteiger partial charge >= 0.3 is 0 Å². The van der Waals surface area contributed by atoms with Crippen molar-refractivity contribution in [3.63, 3.8) is 0 Å². The van der Waals surface area contributed by atoms with Crippen LogP contribution in [-0.2, 0) is 4.79 Å². The molecule has 5 nitrogen and oxygen atoms in total. The number of benzene rings is 1. The summed E-state index contributed by atoms with van der Waals surface area (Å²) in [6.07, 6.45) is 8.15. The van der Waals surface area contributed by atoms with E-state index in [0.29, 0.717) is 18.5 Å². The number of nitrogens with one attached hydrogen (secondary N) is 1. The third kappa shape index (κ3) is 5.80. The van der Waals surface area contributed by atoms with Crippen molar-refractivity contribution in [3.8, 4) is 0 Å². The van der Waals surface area contributed by atoms with Crippen molar-refractivity contribution in [2.24, 2.45) is 0 Å². The highest BCUT2D eigenvalue weighted by molar-refractivity contribution is 5.94. The van der Waals surface area contributed by atoms with Crippen LogP contribution in [0, 0.1) is 6.92 Å². The summed E-state index contributed by atoms with van der Waals surface area (Å²) in [5.41, 5.74) is 1.77. The third-order valence-corrected chi connectivity index (χ3v) is 5.91. The minimum absolute atomic E-state index is 0.109. The van der Waals surface area contributed by atoms with E-state index in [9.17, 15) is 9.59 Å². The fourth-order valence-electron chi connectivity index (χ4n) is 4.25. The summed E-state index contributed by atoms with van der Waals surface area (Å²) in [5, 5.41) is 2.87. The van der Waals surface area contributed by atoms with Crippen LogP contribution in [0.4, 0.5) is 0 Å². The molecule has 0 radical (unpaired) electrons. The molecule has 2 aliphatic rings. The third-order valence-electron chi connectivity index (χ3n) is 5.91. The zero-order valence-electron chi connectivity index (χ0n) is 16.6. The number of hydrogen-bond acceptors (Lipinski definition) is 3. The molecule has 27 heavy (non-hydrogen) atoms. The maximum atomic E-state index is 12.6. The maximum absolute atomic E-state index is 12.6. The number of carbonyl (C=O) groups is 2. The molecular formula is C22H33N3O2. The smallest absolute Gasteiger partial charge is 0.251 e. The lowest BCUT2D eigenvalue weighted by Gasteiger charge is -2.33. The summed E-state index contributed by atoms with van der Waals surface area (Å²) in [7, 11) is 0. The predicted octanol–water partition coefficient (Wildman–Crippen LogP) is 2.98. The molecule has 2 amide bonds. The minimum Gasteiger partial charge on any atom is -0.352 e. The van der Waals surface area contributed by atoms with Gasteiger partial charge in [0.1, 0.15) is 0 Å². The molecule has 0 unspecified atom stereocenters. The second-order valence-electron chi connectivity index (χ2n) is 7.93. The van der Waals surface area contributed by atoms with Crippen LogP contribution in [0.25, 0.3) is 0 Å². The second kappa shape index (κ2) is 9.88. The molecular weight excluding hydrogens is 338 g/mol. The van der Waals surface area contributed by atoms with E-state index in [1.807, 2.05) is 36.1 Å². The van der Waals surface area contributed by atoms with Crippen molar-refractivity contribution in [2.45, 2.75) is 57.9 Å². The van der Waals surface area contributed by atoms with Crippen molar-refractivity contribution >= 4 is 11.8 Å². The Bertz CT molecular complexity index is 623.